The van der Waals surface area contributed by atoms with E-state index < -0.39 is 26.5 Å². The summed E-state index contributed by atoms with van der Waals surface area (Å²) in [5.41, 5.74) is 0. The Morgan fingerprint density at radius 1 is 0.478 bits per heavy atom. The highest BCUT2D eigenvalue weighted by Crippen LogP contribution is 2.42. The maximum Gasteiger partial charge on any atom is 0.472 e. The van der Waals surface area contributed by atoms with Crippen LogP contribution in [0.25, 0.3) is 0 Å². The number of carbonyl (C=O) groups excluding carboxylic acids is 2. The van der Waals surface area contributed by atoms with Gasteiger partial charge in [-0.2, -0.15) is 0 Å². The van der Waals surface area contributed by atoms with Gasteiger partial charge in [-0.25, -0.2) is 4.57 Å². The Balaban J connectivity index is 3.58. The first kappa shape index (κ1) is 64.2. The number of aliphatic hydroxyl groups is 1. The molecule has 386 valence electrons. The van der Waals surface area contributed by atoms with Crippen LogP contribution in [0.1, 0.15) is 232 Å². The largest absolute Gasteiger partial charge is 0.472 e. The van der Waals surface area contributed by atoms with Crippen LogP contribution in [0, 0.1) is 0 Å². The number of ether oxygens (including phenoxy) is 1. The number of esters is 1. The van der Waals surface area contributed by atoms with Crippen LogP contribution in [0.5, 0.6) is 0 Å². The van der Waals surface area contributed by atoms with E-state index in [1.807, 2.05) is 0 Å². The van der Waals surface area contributed by atoms with E-state index in [-0.39, 0.29) is 32.1 Å². The summed E-state index contributed by atoms with van der Waals surface area (Å²) in [5, 5.41) is 12.8. The molecule has 0 radical (unpaired) electrons. The molecule has 0 aliphatic heterocycles. The van der Waals surface area contributed by atoms with E-state index in [1.54, 1.807) is 0 Å². The third-order valence-corrected chi connectivity index (χ3v) is 12.3. The van der Waals surface area contributed by atoms with Gasteiger partial charge in [0.05, 0.1) is 13.2 Å². The predicted molar refractivity (Wildman–Crippen MR) is 284 cm³/mol. The molecule has 2 atom stereocenters. The lowest BCUT2D eigenvalue weighted by molar-refractivity contribution is -0.147. The number of phosphoric acid groups is 1. The van der Waals surface area contributed by atoms with Gasteiger partial charge < -0.3 is 20.1 Å². The highest BCUT2D eigenvalue weighted by Gasteiger charge is 2.23. The zero-order chi connectivity index (χ0) is 48.8. The number of rotatable bonds is 50. The average molecular weight is 958 g/mol. The maximum absolute atomic E-state index is 12.2. The molecule has 0 aliphatic rings. The molecule has 0 spiro atoms. The molecule has 0 heterocycles. The second kappa shape index (κ2) is 52.6. The smallest absolute Gasteiger partial charge is 0.463 e. The molecule has 0 aromatic heterocycles. The first-order chi connectivity index (χ1) is 32.8. The van der Waals surface area contributed by atoms with Gasteiger partial charge in [0.15, 0.2) is 0 Å². The van der Waals surface area contributed by atoms with Crippen molar-refractivity contribution in [3.05, 3.63) is 85.1 Å². The number of phosphoric ester groups is 1. The van der Waals surface area contributed by atoms with Crippen molar-refractivity contribution in [3.8, 4) is 0 Å². The molecular weight excluding hydrogens is 858 g/mol. The molecule has 0 aliphatic carbocycles. The first-order valence-electron chi connectivity index (χ1n) is 27.1. The van der Waals surface area contributed by atoms with E-state index in [4.69, 9.17) is 13.8 Å². The quantitative estimate of drug-likeness (QED) is 0.0238. The minimum absolute atomic E-state index is 0.0768. The molecule has 0 saturated heterocycles. The van der Waals surface area contributed by atoms with Crippen LogP contribution in [0.2, 0.25) is 0 Å². The highest BCUT2D eigenvalue weighted by molar-refractivity contribution is 7.47. The fraction of sp³-hybridized carbons (Fsp3) is 0.719. The number of carbonyl (C=O) groups is 2. The average Bonchev–Trinajstić information content (AvgIpc) is 3.32. The van der Waals surface area contributed by atoms with Crippen LogP contribution < -0.4 is 5.32 Å². The summed E-state index contributed by atoms with van der Waals surface area (Å²) in [7, 11) is -4.43. The second-order valence-electron chi connectivity index (χ2n) is 17.8. The van der Waals surface area contributed by atoms with Crippen LogP contribution in [0.3, 0.4) is 0 Å². The SMILES string of the molecule is CC/C=C\C/C=C\C/C=C\C/C=C\C/C=C\CCCCCCCCCC(=O)OCC(O)COP(=O)(O)OCCNC(=O)CCCCCCCCCCCCCCC/C=C\C/C=C\CCCCC. The van der Waals surface area contributed by atoms with Gasteiger partial charge in [0.1, 0.15) is 12.7 Å². The molecule has 1 amide bonds. The molecule has 0 aromatic carbocycles. The van der Waals surface area contributed by atoms with Crippen molar-refractivity contribution < 1.29 is 37.9 Å². The van der Waals surface area contributed by atoms with Gasteiger partial charge in [-0.05, 0) is 89.9 Å². The van der Waals surface area contributed by atoms with Crippen LogP contribution in [0.4, 0.5) is 0 Å². The van der Waals surface area contributed by atoms with E-state index in [1.165, 1.54) is 116 Å². The third kappa shape index (κ3) is 54.0. The monoisotopic (exact) mass is 958 g/mol. The van der Waals surface area contributed by atoms with Crippen molar-refractivity contribution in [1.29, 1.82) is 0 Å². The Bertz CT molecular complexity index is 1370. The van der Waals surface area contributed by atoms with Crippen LogP contribution in [-0.4, -0.2) is 54.3 Å². The molecule has 67 heavy (non-hydrogen) atoms. The summed E-state index contributed by atoms with van der Waals surface area (Å²) in [6.45, 7) is 3.42. The molecular formula is C57H100NO8P. The summed E-state index contributed by atoms with van der Waals surface area (Å²) in [5.74, 6) is -0.528. The Hall–Kier alpha value is -2.81. The topological polar surface area (TPSA) is 131 Å². The lowest BCUT2D eigenvalue weighted by Crippen LogP contribution is -2.27. The molecule has 0 aromatic rings. The molecule has 0 rings (SSSR count). The maximum atomic E-state index is 12.2. The summed E-state index contributed by atoms with van der Waals surface area (Å²) < 4.78 is 27.0. The normalized spacial score (nSPS) is 13.8. The number of hydrogen-bond acceptors (Lipinski definition) is 7. The number of unbranched alkanes of at least 4 members (excludes halogenated alkanes) is 23. The standard InChI is InChI=1S/C57H100NO8P/c1-3-5-7-9-11-13-15-17-19-21-23-25-27-29-31-33-35-37-39-41-43-45-47-49-56(60)58-51-52-65-67(62,63)66-54-55(59)53-64-57(61)50-48-46-44-42-40-38-36-34-32-30-28-26-24-22-20-18-16-14-12-10-8-6-4-2/h6,8,11-14,17-20,24,26,30,32,55,59H,3-5,7,9-10,15-16,21-23,25,27-29,31,33-54H2,1-2H3,(H,58,60)(H,62,63)/b8-6-,13-11-,14-12-,19-17-,20-18-,26-24-,32-30-. The molecule has 2 unspecified atom stereocenters. The second-order valence-corrected chi connectivity index (χ2v) is 19.3. The van der Waals surface area contributed by atoms with Gasteiger partial charge >= 0.3 is 13.8 Å². The summed E-state index contributed by atoms with van der Waals surface area (Å²) >= 11 is 0. The number of hydrogen-bond donors (Lipinski definition) is 3. The number of nitrogens with one attached hydrogen (secondary N) is 1. The summed E-state index contributed by atoms with van der Waals surface area (Å²) in [6, 6.07) is 0. The molecule has 9 nitrogen and oxygen atoms in total. The summed E-state index contributed by atoms with van der Waals surface area (Å²) in [6.07, 6.45) is 68.1. The van der Waals surface area contributed by atoms with E-state index in [0.29, 0.717) is 6.42 Å². The van der Waals surface area contributed by atoms with E-state index in [9.17, 15) is 24.2 Å². The fourth-order valence-electron chi connectivity index (χ4n) is 7.26. The van der Waals surface area contributed by atoms with Gasteiger partial charge in [-0.3, -0.25) is 18.6 Å². The lowest BCUT2D eigenvalue weighted by Gasteiger charge is -2.15. The Morgan fingerprint density at radius 2 is 0.851 bits per heavy atom. The Labute approximate surface area is 411 Å². The zero-order valence-electron chi connectivity index (χ0n) is 42.8. The van der Waals surface area contributed by atoms with Crippen LogP contribution >= 0.6 is 7.82 Å². The molecule has 0 saturated carbocycles. The Kier molecular flexibility index (Phi) is 50.4. The van der Waals surface area contributed by atoms with Gasteiger partial charge in [0.2, 0.25) is 5.91 Å². The minimum atomic E-state index is -4.43. The number of aliphatic hydroxyl groups excluding tert-OH is 1. The molecule has 0 fully saturated rings. The van der Waals surface area contributed by atoms with Crippen molar-refractivity contribution in [2.24, 2.45) is 0 Å². The lowest BCUT2D eigenvalue weighted by atomic mass is 10.0. The molecule has 10 heteroatoms. The first-order valence-corrected chi connectivity index (χ1v) is 28.6. The number of amides is 1. The van der Waals surface area contributed by atoms with Crippen molar-refractivity contribution in [2.45, 2.75) is 238 Å². The van der Waals surface area contributed by atoms with Crippen molar-refractivity contribution >= 4 is 19.7 Å². The van der Waals surface area contributed by atoms with Crippen LogP contribution in [0.15, 0.2) is 85.1 Å². The zero-order valence-corrected chi connectivity index (χ0v) is 43.7. The van der Waals surface area contributed by atoms with Crippen molar-refractivity contribution in [3.63, 3.8) is 0 Å². The third-order valence-electron chi connectivity index (χ3n) is 11.3. The fourth-order valence-corrected chi connectivity index (χ4v) is 8.02. The summed E-state index contributed by atoms with van der Waals surface area (Å²) in [4.78, 5) is 34.1. The van der Waals surface area contributed by atoms with E-state index in [0.717, 1.165) is 89.9 Å². The van der Waals surface area contributed by atoms with Crippen LogP contribution in [-0.2, 0) is 27.9 Å². The van der Waals surface area contributed by atoms with E-state index >= 15 is 0 Å². The minimum Gasteiger partial charge on any atom is -0.463 e. The van der Waals surface area contributed by atoms with Gasteiger partial charge in [0.25, 0.3) is 0 Å². The van der Waals surface area contributed by atoms with E-state index in [2.05, 4.69) is 104 Å². The molecule has 0 bridgehead atoms. The Morgan fingerprint density at radius 3 is 1.28 bits per heavy atom. The van der Waals surface area contributed by atoms with Crippen molar-refractivity contribution in [2.75, 3.05) is 26.4 Å². The van der Waals surface area contributed by atoms with Crippen molar-refractivity contribution in [1.82, 2.24) is 5.32 Å². The van der Waals surface area contributed by atoms with Gasteiger partial charge in [-0.1, -0.05) is 214 Å². The predicted octanol–water partition coefficient (Wildman–Crippen LogP) is 16.3. The highest BCUT2D eigenvalue weighted by atomic mass is 31.2. The van der Waals surface area contributed by atoms with Gasteiger partial charge in [-0.15, -0.1) is 0 Å². The van der Waals surface area contributed by atoms with Gasteiger partial charge in [0, 0.05) is 19.4 Å². The molecule has 3 N–H and O–H groups in total. The number of allylic oxidation sites excluding steroid dienone is 14.